The summed E-state index contributed by atoms with van der Waals surface area (Å²) in [5.74, 6) is -0.413. The smallest absolute Gasteiger partial charge is 0.325 e. The van der Waals surface area contributed by atoms with Crippen LogP contribution in [-0.2, 0) is 4.79 Å². The second kappa shape index (κ2) is 5.83. The Bertz CT molecular complexity index is 459. The van der Waals surface area contributed by atoms with Crippen molar-refractivity contribution >= 4 is 23.4 Å². The second-order valence-corrected chi connectivity index (χ2v) is 5.33. The molecule has 0 bridgehead atoms. The second-order valence-electron chi connectivity index (χ2n) is 4.22. The van der Waals surface area contributed by atoms with Gasteiger partial charge in [0.1, 0.15) is 0 Å². The lowest BCUT2D eigenvalue weighted by Crippen LogP contribution is -2.24. The summed E-state index contributed by atoms with van der Waals surface area (Å²) >= 11 is -0.218. The summed E-state index contributed by atoms with van der Waals surface area (Å²) in [4.78, 5) is 11.9. The van der Waals surface area contributed by atoms with E-state index in [-0.39, 0.29) is 34.2 Å². The lowest BCUT2D eigenvalue weighted by atomic mass is 10.1. The molecule has 1 atom stereocenters. The third-order valence-corrected chi connectivity index (χ3v) is 3.61. The first-order chi connectivity index (χ1) is 8.96. The van der Waals surface area contributed by atoms with Crippen molar-refractivity contribution in [2.45, 2.75) is 16.8 Å². The third kappa shape index (κ3) is 4.14. The SMILES string of the molecule is O=C(Nc1ccccc1SC(F)(F)F)C1CCNC1. The topological polar surface area (TPSA) is 41.1 Å². The van der Waals surface area contributed by atoms with Crippen LogP contribution in [0.1, 0.15) is 6.42 Å². The maximum absolute atomic E-state index is 12.4. The van der Waals surface area contributed by atoms with Crippen LogP contribution in [0.2, 0.25) is 0 Å². The third-order valence-electron chi connectivity index (χ3n) is 2.80. The lowest BCUT2D eigenvalue weighted by molar-refractivity contribution is -0.119. The highest BCUT2D eigenvalue weighted by Gasteiger charge is 2.31. The van der Waals surface area contributed by atoms with E-state index in [0.29, 0.717) is 13.0 Å². The van der Waals surface area contributed by atoms with Crippen LogP contribution in [0.3, 0.4) is 0 Å². The van der Waals surface area contributed by atoms with Crippen LogP contribution in [0.5, 0.6) is 0 Å². The van der Waals surface area contributed by atoms with Crippen molar-refractivity contribution < 1.29 is 18.0 Å². The molecule has 1 heterocycles. The van der Waals surface area contributed by atoms with E-state index in [1.54, 1.807) is 6.07 Å². The largest absolute Gasteiger partial charge is 0.446 e. The van der Waals surface area contributed by atoms with Gasteiger partial charge in [-0.1, -0.05) is 12.1 Å². The predicted octanol–water partition coefficient (Wildman–Crippen LogP) is 2.85. The molecule has 1 aromatic carbocycles. The molecule has 1 fully saturated rings. The zero-order chi connectivity index (χ0) is 13.9. The molecule has 7 heteroatoms. The average molecular weight is 290 g/mol. The number of hydrogen-bond acceptors (Lipinski definition) is 3. The molecule has 2 N–H and O–H groups in total. The Balaban J connectivity index is 2.09. The Kier molecular flexibility index (Phi) is 4.36. The minimum absolute atomic E-state index is 0.00862. The number of carbonyl (C=O) groups excluding carboxylic acids is 1. The summed E-state index contributed by atoms with van der Waals surface area (Å²) in [6, 6.07) is 5.94. The summed E-state index contributed by atoms with van der Waals surface area (Å²) in [5, 5.41) is 5.62. The van der Waals surface area contributed by atoms with Gasteiger partial charge >= 0.3 is 5.51 Å². The molecule has 104 valence electrons. The molecule has 19 heavy (non-hydrogen) atoms. The number of anilines is 1. The van der Waals surface area contributed by atoms with Gasteiger partial charge in [-0.2, -0.15) is 13.2 Å². The Morgan fingerprint density at radius 1 is 1.37 bits per heavy atom. The first-order valence-corrected chi connectivity index (χ1v) is 6.64. The molecule has 0 spiro atoms. The van der Waals surface area contributed by atoms with Crippen LogP contribution < -0.4 is 10.6 Å². The van der Waals surface area contributed by atoms with Crippen LogP contribution in [0, 0.1) is 5.92 Å². The molecule has 0 radical (unpaired) electrons. The number of amides is 1. The molecule has 0 aromatic heterocycles. The van der Waals surface area contributed by atoms with Crippen molar-refractivity contribution in [3.05, 3.63) is 24.3 Å². The van der Waals surface area contributed by atoms with Gasteiger partial charge in [-0.25, -0.2) is 0 Å². The summed E-state index contributed by atoms with van der Waals surface area (Å²) in [6.45, 7) is 1.33. The number of thioether (sulfide) groups is 1. The van der Waals surface area contributed by atoms with Crippen LogP contribution in [0.25, 0.3) is 0 Å². The fraction of sp³-hybridized carbons (Fsp3) is 0.417. The van der Waals surface area contributed by atoms with Gasteiger partial charge in [0.25, 0.3) is 0 Å². The van der Waals surface area contributed by atoms with Gasteiger partial charge in [-0.3, -0.25) is 4.79 Å². The van der Waals surface area contributed by atoms with E-state index in [0.717, 1.165) is 6.54 Å². The van der Waals surface area contributed by atoms with Crippen LogP contribution in [-0.4, -0.2) is 24.5 Å². The zero-order valence-electron chi connectivity index (χ0n) is 9.96. The van der Waals surface area contributed by atoms with Gasteiger partial charge < -0.3 is 10.6 Å². The number of para-hydroxylation sites is 1. The molecule has 0 aliphatic carbocycles. The molecule has 3 nitrogen and oxygen atoms in total. The molecule has 1 aromatic rings. The van der Waals surface area contributed by atoms with Gasteiger partial charge in [0, 0.05) is 11.4 Å². The Morgan fingerprint density at radius 2 is 2.11 bits per heavy atom. The van der Waals surface area contributed by atoms with E-state index in [4.69, 9.17) is 0 Å². The minimum atomic E-state index is -4.37. The summed E-state index contributed by atoms with van der Waals surface area (Å²) in [5.41, 5.74) is -4.16. The van der Waals surface area contributed by atoms with Crippen molar-refractivity contribution in [1.82, 2.24) is 5.32 Å². The van der Waals surface area contributed by atoms with Crippen LogP contribution in [0.4, 0.5) is 18.9 Å². The summed E-state index contributed by atoms with van der Waals surface area (Å²) < 4.78 is 37.2. The van der Waals surface area contributed by atoms with Gasteiger partial charge in [-0.15, -0.1) is 0 Å². The molecular weight excluding hydrogens is 277 g/mol. The van der Waals surface area contributed by atoms with Crippen molar-refractivity contribution in [2.75, 3.05) is 18.4 Å². The highest BCUT2D eigenvalue weighted by atomic mass is 32.2. The monoisotopic (exact) mass is 290 g/mol. The zero-order valence-corrected chi connectivity index (χ0v) is 10.8. The Morgan fingerprint density at radius 3 is 2.74 bits per heavy atom. The van der Waals surface area contributed by atoms with Crippen molar-refractivity contribution in [1.29, 1.82) is 0 Å². The van der Waals surface area contributed by atoms with Gasteiger partial charge in [0.15, 0.2) is 0 Å². The van der Waals surface area contributed by atoms with Crippen molar-refractivity contribution in [3.8, 4) is 0 Å². The fourth-order valence-corrected chi connectivity index (χ4v) is 2.52. The van der Waals surface area contributed by atoms with Crippen LogP contribution >= 0.6 is 11.8 Å². The maximum atomic E-state index is 12.4. The number of rotatable bonds is 3. The first-order valence-electron chi connectivity index (χ1n) is 5.82. The van der Waals surface area contributed by atoms with E-state index >= 15 is 0 Å². The highest BCUT2D eigenvalue weighted by Crippen LogP contribution is 2.40. The minimum Gasteiger partial charge on any atom is -0.325 e. The molecule has 0 saturated carbocycles. The standard InChI is InChI=1S/C12H13F3N2OS/c13-12(14,15)19-10-4-2-1-3-9(10)17-11(18)8-5-6-16-7-8/h1-4,8,16H,5-7H2,(H,17,18). The van der Waals surface area contributed by atoms with Gasteiger partial charge in [0.2, 0.25) is 5.91 Å². The molecule has 1 amide bonds. The van der Waals surface area contributed by atoms with E-state index in [1.165, 1.54) is 18.2 Å². The van der Waals surface area contributed by atoms with Crippen molar-refractivity contribution in [3.63, 3.8) is 0 Å². The van der Waals surface area contributed by atoms with E-state index in [2.05, 4.69) is 10.6 Å². The summed E-state index contributed by atoms with van der Waals surface area (Å²) in [6.07, 6.45) is 0.709. The molecule has 1 aliphatic heterocycles. The lowest BCUT2D eigenvalue weighted by Gasteiger charge is -2.14. The van der Waals surface area contributed by atoms with E-state index in [1.807, 2.05) is 0 Å². The Labute approximate surface area is 112 Å². The number of benzene rings is 1. The molecule has 1 unspecified atom stereocenters. The predicted molar refractivity (Wildman–Crippen MR) is 68.0 cm³/mol. The fourth-order valence-electron chi connectivity index (χ4n) is 1.90. The molecular formula is C12H13F3N2OS. The van der Waals surface area contributed by atoms with Gasteiger partial charge in [0.05, 0.1) is 11.6 Å². The molecule has 1 aliphatic rings. The number of nitrogens with one attached hydrogen (secondary N) is 2. The molecule has 2 rings (SSSR count). The Hall–Kier alpha value is -1.21. The van der Waals surface area contributed by atoms with E-state index < -0.39 is 5.51 Å². The average Bonchev–Trinajstić information content (AvgIpc) is 2.83. The number of hydrogen-bond donors (Lipinski definition) is 2. The highest BCUT2D eigenvalue weighted by molar-refractivity contribution is 8.00. The summed E-state index contributed by atoms with van der Waals surface area (Å²) in [7, 11) is 0. The first kappa shape index (κ1) is 14.2. The number of alkyl halides is 3. The van der Waals surface area contributed by atoms with Crippen LogP contribution in [0.15, 0.2) is 29.2 Å². The maximum Gasteiger partial charge on any atom is 0.446 e. The normalized spacial score (nSPS) is 19.4. The quantitative estimate of drug-likeness (QED) is 0.841. The van der Waals surface area contributed by atoms with Crippen molar-refractivity contribution in [2.24, 2.45) is 5.92 Å². The number of halogens is 3. The molecule has 1 saturated heterocycles. The van der Waals surface area contributed by atoms with Gasteiger partial charge in [-0.05, 0) is 36.9 Å². The number of carbonyl (C=O) groups is 1. The van der Waals surface area contributed by atoms with E-state index in [9.17, 15) is 18.0 Å².